The van der Waals surface area contributed by atoms with Crippen molar-refractivity contribution in [2.75, 3.05) is 13.1 Å². The number of nitrogens with zero attached hydrogens (tertiary/aromatic N) is 1. The molecule has 0 aromatic heterocycles. The van der Waals surface area contributed by atoms with Crippen LogP contribution in [0.5, 0.6) is 0 Å². The number of carbonyl (C=O) groups is 3. The summed E-state index contributed by atoms with van der Waals surface area (Å²) < 4.78 is 0. The van der Waals surface area contributed by atoms with Gasteiger partial charge in [0.2, 0.25) is 5.91 Å². The summed E-state index contributed by atoms with van der Waals surface area (Å²) in [5.74, 6) is -0.394. The van der Waals surface area contributed by atoms with Crippen molar-refractivity contribution in [3.63, 3.8) is 0 Å². The molecule has 1 aromatic carbocycles. The first kappa shape index (κ1) is 17.0. The minimum absolute atomic E-state index is 0.0195. The average Bonchev–Trinajstić information content (AvgIpc) is 2.73. The Morgan fingerprint density at radius 1 is 1.12 bits per heavy atom. The molecule has 3 rings (SSSR count). The summed E-state index contributed by atoms with van der Waals surface area (Å²) in [6, 6.07) is 2.61. The van der Waals surface area contributed by atoms with Crippen LogP contribution < -0.4 is 10.6 Å². The Hall–Kier alpha value is -1.79. The first-order valence-corrected chi connectivity index (χ1v) is 8.55. The Bertz CT molecular complexity index is 675. The van der Waals surface area contributed by atoms with E-state index in [0.29, 0.717) is 29.6 Å². The lowest BCUT2D eigenvalue weighted by Gasteiger charge is -2.20. The molecule has 4 amide bonds. The standard InChI is InChI=1S/C16H17Cl2N3O3/c17-11-7-9-3-5-21(6-4-10(9)8-12(11)18)14(22)2-1-13-15(23)20-16(24)19-13/h7-8,13H,1-6H2,(H2,19,20,23,24). The van der Waals surface area contributed by atoms with Crippen LogP contribution in [0.25, 0.3) is 0 Å². The van der Waals surface area contributed by atoms with Gasteiger partial charge in [-0.25, -0.2) is 4.79 Å². The molecule has 1 fully saturated rings. The van der Waals surface area contributed by atoms with Crippen LogP contribution in [0.2, 0.25) is 10.0 Å². The van der Waals surface area contributed by atoms with E-state index < -0.39 is 12.1 Å². The molecule has 0 saturated carbocycles. The second-order valence-corrected chi connectivity index (χ2v) is 6.78. The van der Waals surface area contributed by atoms with Gasteiger partial charge in [0, 0.05) is 19.5 Å². The fraction of sp³-hybridized carbons (Fsp3) is 0.438. The van der Waals surface area contributed by atoms with Gasteiger partial charge in [0.1, 0.15) is 6.04 Å². The molecule has 8 heteroatoms. The molecule has 2 aliphatic heterocycles. The number of benzene rings is 1. The lowest BCUT2D eigenvalue weighted by Crippen LogP contribution is -2.36. The highest BCUT2D eigenvalue weighted by Crippen LogP contribution is 2.28. The highest BCUT2D eigenvalue weighted by atomic mass is 35.5. The zero-order valence-electron chi connectivity index (χ0n) is 12.9. The van der Waals surface area contributed by atoms with Gasteiger partial charge in [0.25, 0.3) is 5.91 Å². The molecule has 128 valence electrons. The van der Waals surface area contributed by atoms with Gasteiger partial charge in [-0.2, -0.15) is 0 Å². The Labute approximate surface area is 149 Å². The summed E-state index contributed by atoms with van der Waals surface area (Å²) >= 11 is 12.1. The van der Waals surface area contributed by atoms with Crippen LogP contribution in [0, 0.1) is 0 Å². The topological polar surface area (TPSA) is 78.5 Å². The van der Waals surface area contributed by atoms with Gasteiger partial charge in [-0.3, -0.25) is 14.9 Å². The third-order valence-electron chi connectivity index (χ3n) is 4.40. The summed E-state index contributed by atoms with van der Waals surface area (Å²) in [7, 11) is 0. The number of hydrogen-bond donors (Lipinski definition) is 2. The van der Waals surface area contributed by atoms with Gasteiger partial charge in [-0.1, -0.05) is 23.2 Å². The normalized spacial score (nSPS) is 20.2. The molecule has 1 saturated heterocycles. The van der Waals surface area contributed by atoms with Gasteiger partial charge >= 0.3 is 6.03 Å². The maximum atomic E-state index is 12.4. The molecule has 24 heavy (non-hydrogen) atoms. The third-order valence-corrected chi connectivity index (χ3v) is 5.12. The van der Waals surface area contributed by atoms with Gasteiger partial charge < -0.3 is 10.2 Å². The number of carbonyl (C=O) groups excluding carboxylic acids is 3. The Kier molecular flexibility index (Phi) is 4.96. The molecule has 2 N–H and O–H groups in total. The van der Waals surface area contributed by atoms with Crippen molar-refractivity contribution in [2.45, 2.75) is 31.7 Å². The lowest BCUT2D eigenvalue weighted by atomic mass is 10.0. The minimum Gasteiger partial charge on any atom is -0.342 e. The molecule has 1 unspecified atom stereocenters. The first-order valence-electron chi connectivity index (χ1n) is 7.80. The lowest BCUT2D eigenvalue weighted by molar-refractivity contribution is -0.131. The quantitative estimate of drug-likeness (QED) is 0.798. The van der Waals surface area contributed by atoms with Crippen molar-refractivity contribution in [1.29, 1.82) is 0 Å². The fourth-order valence-electron chi connectivity index (χ4n) is 3.05. The van der Waals surface area contributed by atoms with Crippen LogP contribution in [-0.4, -0.2) is 41.9 Å². The van der Waals surface area contributed by atoms with Crippen molar-refractivity contribution >= 4 is 41.0 Å². The summed E-state index contributed by atoms with van der Waals surface area (Å²) in [6.45, 7) is 1.21. The molecular weight excluding hydrogens is 353 g/mol. The van der Waals surface area contributed by atoms with Crippen molar-refractivity contribution < 1.29 is 14.4 Å². The molecule has 1 atom stereocenters. The SMILES string of the molecule is O=C1NC(=O)C(CCC(=O)N2CCc3cc(Cl)c(Cl)cc3CC2)N1. The van der Waals surface area contributed by atoms with E-state index in [4.69, 9.17) is 23.2 Å². The number of hydrogen-bond acceptors (Lipinski definition) is 3. The summed E-state index contributed by atoms with van der Waals surface area (Å²) in [5, 5.41) is 5.72. The monoisotopic (exact) mass is 369 g/mol. The van der Waals surface area contributed by atoms with Crippen LogP contribution in [0.4, 0.5) is 4.79 Å². The van der Waals surface area contributed by atoms with E-state index in [9.17, 15) is 14.4 Å². The molecule has 0 aliphatic carbocycles. The van der Waals surface area contributed by atoms with Crippen molar-refractivity contribution in [1.82, 2.24) is 15.5 Å². The van der Waals surface area contributed by atoms with Crippen LogP contribution in [0.1, 0.15) is 24.0 Å². The van der Waals surface area contributed by atoms with Gasteiger partial charge in [-0.05, 0) is 42.5 Å². The van der Waals surface area contributed by atoms with Gasteiger partial charge in [0.15, 0.2) is 0 Å². The molecule has 2 aliphatic rings. The Morgan fingerprint density at radius 2 is 1.71 bits per heavy atom. The van der Waals surface area contributed by atoms with Crippen LogP contribution in [0.15, 0.2) is 12.1 Å². The molecule has 2 heterocycles. The van der Waals surface area contributed by atoms with Crippen molar-refractivity contribution in [2.24, 2.45) is 0 Å². The maximum absolute atomic E-state index is 12.4. The average molecular weight is 370 g/mol. The highest BCUT2D eigenvalue weighted by molar-refractivity contribution is 6.42. The smallest absolute Gasteiger partial charge is 0.322 e. The Morgan fingerprint density at radius 3 is 2.21 bits per heavy atom. The fourth-order valence-corrected chi connectivity index (χ4v) is 3.43. The summed E-state index contributed by atoms with van der Waals surface area (Å²) in [6.07, 6.45) is 1.96. The van der Waals surface area contributed by atoms with E-state index in [1.165, 1.54) is 0 Å². The molecule has 0 spiro atoms. The van der Waals surface area contributed by atoms with Crippen LogP contribution >= 0.6 is 23.2 Å². The zero-order chi connectivity index (χ0) is 17.3. The molecule has 1 aromatic rings. The van der Waals surface area contributed by atoms with E-state index in [1.54, 1.807) is 4.90 Å². The number of amides is 4. The van der Waals surface area contributed by atoms with Gasteiger partial charge in [0.05, 0.1) is 10.0 Å². The van der Waals surface area contributed by atoms with Crippen molar-refractivity contribution in [3.8, 4) is 0 Å². The van der Waals surface area contributed by atoms with E-state index in [2.05, 4.69) is 10.6 Å². The number of urea groups is 1. The Balaban J connectivity index is 1.57. The molecule has 0 bridgehead atoms. The van der Waals surface area contributed by atoms with Crippen molar-refractivity contribution in [3.05, 3.63) is 33.3 Å². The predicted octanol–water partition coefficient (Wildman–Crippen LogP) is 1.91. The maximum Gasteiger partial charge on any atom is 0.322 e. The zero-order valence-corrected chi connectivity index (χ0v) is 14.4. The number of fused-ring (bicyclic) bond motifs is 1. The predicted molar refractivity (Wildman–Crippen MR) is 90.1 cm³/mol. The minimum atomic E-state index is -0.622. The summed E-state index contributed by atoms with van der Waals surface area (Å²) in [5.41, 5.74) is 2.23. The first-order chi connectivity index (χ1) is 11.4. The van der Waals surface area contributed by atoms with E-state index >= 15 is 0 Å². The van der Waals surface area contributed by atoms with E-state index in [0.717, 1.165) is 24.0 Å². The molecular formula is C16H17Cl2N3O3. The van der Waals surface area contributed by atoms with E-state index in [-0.39, 0.29) is 18.2 Å². The number of imide groups is 1. The van der Waals surface area contributed by atoms with Gasteiger partial charge in [-0.15, -0.1) is 0 Å². The highest BCUT2D eigenvalue weighted by Gasteiger charge is 2.30. The van der Waals surface area contributed by atoms with E-state index in [1.807, 2.05) is 12.1 Å². The third kappa shape index (κ3) is 3.65. The number of halogens is 2. The second-order valence-electron chi connectivity index (χ2n) is 5.97. The number of nitrogens with one attached hydrogen (secondary N) is 2. The molecule has 6 nitrogen and oxygen atoms in total. The van der Waals surface area contributed by atoms with Crippen LogP contribution in [0.3, 0.4) is 0 Å². The number of rotatable bonds is 3. The van der Waals surface area contributed by atoms with Crippen LogP contribution in [-0.2, 0) is 22.4 Å². The summed E-state index contributed by atoms with van der Waals surface area (Å²) in [4.78, 5) is 36.8. The largest absolute Gasteiger partial charge is 0.342 e. The molecule has 0 radical (unpaired) electrons. The second kappa shape index (κ2) is 6.99.